The van der Waals surface area contributed by atoms with Gasteiger partial charge in [-0.2, -0.15) is 9.36 Å². The summed E-state index contributed by atoms with van der Waals surface area (Å²) in [6.45, 7) is 3.34. The van der Waals surface area contributed by atoms with E-state index in [2.05, 4.69) is 21.6 Å². The Kier molecular flexibility index (Phi) is 3.09. The van der Waals surface area contributed by atoms with Crippen LogP contribution in [0.25, 0.3) is 0 Å². The van der Waals surface area contributed by atoms with Crippen LogP contribution >= 0.6 is 11.5 Å². The van der Waals surface area contributed by atoms with Crippen LogP contribution in [0.15, 0.2) is 0 Å². The van der Waals surface area contributed by atoms with Crippen LogP contribution in [0.4, 0.5) is 11.1 Å². The van der Waals surface area contributed by atoms with E-state index in [1.54, 1.807) is 0 Å². The quantitative estimate of drug-likeness (QED) is 0.831. The third-order valence-electron chi connectivity index (χ3n) is 3.17. The molecule has 1 aliphatic carbocycles. The van der Waals surface area contributed by atoms with E-state index in [1.165, 1.54) is 43.6 Å². The fraction of sp³-hybridized carbons (Fsp3) is 0.800. The molecule has 0 unspecified atom stereocenters. The van der Waals surface area contributed by atoms with Crippen molar-refractivity contribution < 1.29 is 0 Å². The van der Waals surface area contributed by atoms with Crippen molar-refractivity contribution in [2.75, 3.05) is 17.6 Å². The molecule has 1 fully saturated rings. The van der Waals surface area contributed by atoms with Gasteiger partial charge in [0.25, 0.3) is 0 Å². The van der Waals surface area contributed by atoms with Crippen molar-refractivity contribution in [3.05, 3.63) is 0 Å². The van der Waals surface area contributed by atoms with Gasteiger partial charge < -0.3 is 11.1 Å². The first kappa shape index (κ1) is 10.7. The highest BCUT2D eigenvalue weighted by Gasteiger charge is 2.26. The average molecular weight is 226 g/mol. The first-order valence-electron chi connectivity index (χ1n) is 5.51. The lowest BCUT2D eigenvalue weighted by Gasteiger charge is -2.33. The van der Waals surface area contributed by atoms with Crippen LogP contribution in [0.1, 0.15) is 39.0 Å². The van der Waals surface area contributed by atoms with E-state index in [0.717, 1.165) is 11.7 Å². The molecular weight excluding hydrogens is 208 g/mol. The fourth-order valence-corrected chi connectivity index (χ4v) is 2.67. The molecule has 1 heterocycles. The molecular formula is C10H18N4S. The maximum atomic E-state index is 5.47. The molecule has 84 valence electrons. The van der Waals surface area contributed by atoms with Gasteiger partial charge in [0.2, 0.25) is 11.1 Å². The summed E-state index contributed by atoms with van der Waals surface area (Å²) >= 11 is 1.34. The van der Waals surface area contributed by atoms with Crippen LogP contribution < -0.4 is 11.1 Å². The molecule has 1 aliphatic rings. The van der Waals surface area contributed by atoms with Crippen LogP contribution in [0.2, 0.25) is 0 Å². The van der Waals surface area contributed by atoms with E-state index in [9.17, 15) is 0 Å². The van der Waals surface area contributed by atoms with Crippen molar-refractivity contribution in [1.82, 2.24) is 9.36 Å². The molecule has 0 spiro atoms. The van der Waals surface area contributed by atoms with Crippen molar-refractivity contribution >= 4 is 22.6 Å². The second-order valence-electron chi connectivity index (χ2n) is 4.68. The van der Waals surface area contributed by atoms with Crippen molar-refractivity contribution in [2.45, 2.75) is 39.0 Å². The van der Waals surface area contributed by atoms with Gasteiger partial charge in [-0.15, -0.1) is 0 Å². The molecule has 0 saturated heterocycles. The summed E-state index contributed by atoms with van der Waals surface area (Å²) in [4.78, 5) is 4.10. The third-order valence-corrected chi connectivity index (χ3v) is 3.86. The Morgan fingerprint density at radius 2 is 2.13 bits per heavy atom. The molecule has 0 amide bonds. The number of aromatic nitrogens is 2. The molecule has 0 aromatic carbocycles. The molecule has 2 rings (SSSR count). The van der Waals surface area contributed by atoms with Crippen molar-refractivity contribution in [2.24, 2.45) is 5.41 Å². The maximum Gasteiger partial charge on any atom is 0.233 e. The molecule has 0 radical (unpaired) electrons. The Morgan fingerprint density at radius 1 is 1.40 bits per heavy atom. The van der Waals surface area contributed by atoms with Gasteiger partial charge in [-0.25, -0.2) is 0 Å². The number of anilines is 2. The molecule has 1 saturated carbocycles. The first-order valence-corrected chi connectivity index (χ1v) is 6.28. The standard InChI is InChI=1S/C10H18N4S/c1-10(5-3-2-4-6-10)7-12-9-13-8(11)14-15-9/h2-7H2,1H3,(H3,11,12,13,14). The Morgan fingerprint density at radius 3 is 2.73 bits per heavy atom. The van der Waals surface area contributed by atoms with Crippen molar-refractivity contribution in [3.8, 4) is 0 Å². The van der Waals surface area contributed by atoms with Gasteiger partial charge >= 0.3 is 0 Å². The minimum absolute atomic E-state index is 0.372. The summed E-state index contributed by atoms with van der Waals surface area (Å²) in [5.74, 6) is 0.372. The molecule has 0 bridgehead atoms. The van der Waals surface area contributed by atoms with Crippen LogP contribution in [0.5, 0.6) is 0 Å². The van der Waals surface area contributed by atoms with Crippen molar-refractivity contribution in [1.29, 1.82) is 0 Å². The SMILES string of the molecule is CC1(CNc2nc(N)ns2)CCCCC1. The largest absolute Gasteiger partial charge is 0.367 e. The van der Waals surface area contributed by atoms with Crippen LogP contribution in [-0.4, -0.2) is 15.9 Å². The smallest absolute Gasteiger partial charge is 0.233 e. The summed E-state index contributed by atoms with van der Waals surface area (Å²) in [7, 11) is 0. The summed E-state index contributed by atoms with van der Waals surface area (Å²) in [5, 5.41) is 4.19. The molecule has 4 nitrogen and oxygen atoms in total. The number of hydrogen-bond donors (Lipinski definition) is 2. The number of rotatable bonds is 3. The molecule has 15 heavy (non-hydrogen) atoms. The van der Waals surface area contributed by atoms with E-state index in [-0.39, 0.29) is 0 Å². The van der Waals surface area contributed by atoms with E-state index >= 15 is 0 Å². The number of nitrogens with two attached hydrogens (primary N) is 1. The van der Waals surface area contributed by atoms with Gasteiger partial charge in [-0.05, 0) is 18.3 Å². The lowest BCUT2D eigenvalue weighted by molar-refractivity contribution is 0.233. The number of nitrogen functional groups attached to an aromatic ring is 1. The fourth-order valence-electron chi connectivity index (χ4n) is 2.18. The Labute approximate surface area is 94.5 Å². The third kappa shape index (κ3) is 2.81. The van der Waals surface area contributed by atoms with Gasteiger partial charge in [0.1, 0.15) is 0 Å². The lowest BCUT2D eigenvalue weighted by Crippen LogP contribution is -2.28. The van der Waals surface area contributed by atoms with E-state index in [0.29, 0.717) is 11.4 Å². The minimum Gasteiger partial charge on any atom is -0.367 e. The van der Waals surface area contributed by atoms with Gasteiger partial charge in [0.05, 0.1) is 0 Å². The second-order valence-corrected chi connectivity index (χ2v) is 5.43. The molecule has 1 aromatic heterocycles. The van der Waals surface area contributed by atoms with Gasteiger partial charge in [0, 0.05) is 18.1 Å². The van der Waals surface area contributed by atoms with E-state index < -0.39 is 0 Å². The van der Waals surface area contributed by atoms with Gasteiger partial charge in [0.15, 0.2) is 0 Å². The summed E-state index contributed by atoms with van der Waals surface area (Å²) in [5.41, 5.74) is 5.90. The topological polar surface area (TPSA) is 63.8 Å². The van der Waals surface area contributed by atoms with E-state index in [4.69, 9.17) is 5.73 Å². The highest BCUT2D eigenvalue weighted by Crippen LogP contribution is 2.35. The Bertz CT molecular complexity index is 317. The number of hydrogen-bond acceptors (Lipinski definition) is 5. The van der Waals surface area contributed by atoms with Crippen molar-refractivity contribution in [3.63, 3.8) is 0 Å². The minimum atomic E-state index is 0.372. The number of nitrogens with zero attached hydrogens (tertiary/aromatic N) is 2. The van der Waals surface area contributed by atoms with E-state index in [1.807, 2.05) is 0 Å². The van der Waals surface area contributed by atoms with Gasteiger partial charge in [-0.1, -0.05) is 26.2 Å². The zero-order valence-corrected chi connectivity index (χ0v) is 9.94. The van der Waals surface area contributed by atoms with Crippen LogP contribution in [-0.2, 0) is 0 Å². The zero-order chi connectivity index (χ0) is 10.7. The van der Waals surface area contributed by atoms with Crippen LogP contribution in [0.3, 0.4) is 0 Å². The normalized spacial score (nSPS) is 20.1. The molecule has 1 aromatic rings. The lowest BCUT2D eigenvalue weighted by atomic mass is 9.76. The predicted octanol–water partition coefficient (Wildman–Crippen LogP) is 2.50. The second kappa shape index (κ2) is 4.35. The summed E-state index contributed by atoms with van der Waals surface area (Å²) < 4.78 is 3.95. The highest BCUT2D eigenvalue weighted by atomic mass is 32.1. The first-order chi connectivity index (χ1) is 7.18. The molecule has 0 atom stereocenters. The summed E-state index contributed by atoms with van der Waals surface area (Å²) in [6.07, 6.45) is 6.73. The molecule has 0 aliphatic heterocycles. The zero-order valence-electron chi connectivity index (χ0n) is 9.12. The number of nitrogens with one attached hydrogen (secondary N) is 1. The van der Waals surface area contributed by atoms with Gasteiger partial charge in [-0.3, -0.25) is 0 Å². The molecule has 5 heteroatoms. The van der Waals surface area contributed by atoms with Crippen LogP contribution in [0, 0.1) is 5.41 Å². The monoisotopic (exact) mass is 226 g/mol. The Hall–Kier alpha value is -0.840. The summed E-state index contributed by atoms with van der Waals surface area (Å²) in [6, 6.07) is 0. The average Bonchev–Trinajstić information content (AvgIpc) is 2.63. The highest BCUT2D eigenvalue weighted by molar-refractivity contribution is 7.09. The predicted molar refractivity (Wildman–Crippen MR) is 64.0 cm³/mol. The Balaban J connectivity index is 1.86. The molecule has 3 N–H and O–H groups in total. The maximum absolute atomic E-state index is 5.47.